The molecule has 0 spiro atoms. The summed E-state index contributed by atoms with van der Waals surface area (Å²) in [5.74, 6) is -1.23. The van der Waals surface area contributed by atoms with Gasteiger partial charge in [0.2, 0.25) is 4.34 Å². The molecule has 3 aromatic rings. The smallest absolute Gasteiger partial charge is 0.322 e. The number of aliphatic carboxylic acids is 1. The Morgan fingerprint density at radius 2 is 1.79 bits per heavy atom. The molecule has 0 fully saturated rings. The number of rotatable bonds is 6. The number of carboxylic acid groups (broad SMARTS) is 1. The Morgan fingerprint density at radius 1 is 1.12 bits per heavy atom. The molecule has 8 heteroatoms. The Bertz CT molecular complexity index is 935. The van der Waals surface area contributed by atoms with Gasteiger partial charge in [0.25, 0.3) is 10.0 Å². The molecule has 1 unspecified atom stereocenters. The van der Waals surface area contributed by atoms with E-state index in [1.807, 2.05) is 6.07 Å². The van der Waals surface area contributed by atoms with Crippen molar-refractivity contribution in [3.8, 4) is 0 Å². The van der Waals surface area contributed by atoms with Crippen LogP contribution in [0.4, 0.5) is 0 Å². The van der Waals surface area contributed by atoms with Crippen molar-refractivity contribution in [2.45, 2.75) is 16.8 Å². The summed E-state index contributed by atoms with van der Waals surface area (Å²) in [4.78, 5) is 15.5. The molecular formula is C16H14N2O4S2. The van der Waals surface area contributed by atoms with Gasteiger partial charge < -0.3 is 5.11 Å². The van der Waals surface area contributed by atoms with Crippen molar-refractivity contribution < 1.29 is 18.3 Å². The van der Waals surface area contributed by atoms with Gasteiger partial charge in [0, 0.05) is 0 Å². The lowest BCUT2D eigenvalue weighted by Gasteiger charge is -2.13. The van der Waals surface area contributed by atoms with E-state index in [2.05, 4.69) is 9.71 Å². The fourth-order valence-corrected chi connectivity index (χ4v) is 4.66. The van der Waals surface area contributed by atoms with Gasteiger partial charge in [0.1, 0.15) is 6.04 Å². The van der Waals surface area contributed by atoms with Crippen LogP contribution in [0.5, 0.6) is 0 Å². The Hall–Kier alpha value is -2.29. The van der Waals surface area contributed by atoms with Gasteiger partial charge in [-0.05, 0) is 24.1 Å². The minimum absolute atomic E-state index is 0.0559. The van der Waals surface area contributed by atoms with Crippen LogP contribution in [0.3, 0.4) is 0 Å². The maximum Gasteiger partial charge on any atom is 0.322 e. The Labute approximate surface area is 142 Å². The van der Waals surface area contributed by atoms with E-state index < -0.39 is 22.0 Å². The zero-order valence-electron chi connectivity index (χ0n) is 12.4. The summed E-state index contributed by atoms with van der Waals surface area (Å²) in [7, 11) is -4.01. The first-order chi connectivity index (χ1) is 11.5. The molecule has 0 saturated carbocycles. The van der Waals surface area contributed by atoms with Crippen LogP contribution in [-0.4, -0.2) is 30.5 Å². The van der Waals surface area contributed by atoms with Gasteiger partial charge in [-0.2, -0.15) is 4.72 Å². The predicted molar refractivity (Wildman–Crippen MR) is 91.5 cm³/mol. The minimum Gasteiger partial charge on any atom is -0.480 e. The number of nitrogens with zero attached hydrogens (tertiary/aromatic N) is 1. The molecule has 1 atom stereocenters. The summed E-state index contributed by atoms with van der Waals surface area (Å²) in [6, 6.07) is 14.6. The maximum absolute atomic E-state index is 12.5. The number of aromatic nitrogens is 1. The zero-order valence-corrected chi connectivity index (χ0v) is 14.0. The van der Waals surface area contributed by atoms with E-state index in [1.54, 1.807) is 48.5 Å². The van der Waals surface area contributed by atoms with Crippen LogP contribution in [0.15, 0.2) is 58.9 Å². The standard InChI is InChI=1S/C16H14N2O4S2/c19-15(20)13(10-11-6-2-1-3-7-11)18-24(21,22)16-17-12-8-4-5-9-14(12)23-16/h1-9,13,18H,10H2,(H,19,20). The third-order valence-corrected chi connectivity index (χ3v) is 6.27. The molecule has 0 aliphatic heterocycles. The van der Waals surface area contributed by atoms with Crippen molar-refractivity contribution in [3.05, 3.63) is 60.2 Å². The molecule has 0 bridgehead atoms. The van der Waals surface area contributed by atoms with Gasteiger partial charge in [0.05, 0.1) is 10.2 Å². The van der Waals surface area contributed by atoms with E-state index in [0.717, 1.165) is 21.6 Å². The van der Waals surface area contributed by atoms with E-state index in [0.29, 0.717) is 5.52 Å². The molecule has 0 amide bonds. The zero-order chi connectivity index (χ0) is 17.2. The topological polar surface area (TPSA) is 96.4 Å². The molecule has 1 heterocycles. The van der Waals surface area contributed by atoms with Crippen LogP contribution in [-0.2, 0) is 21.2 Å². The number of carboxylic acids is 1. The largest absolute Gasteiger partial charge is 0.480 e. The highest BCUT2D eigenvalue weighted by Crippen LogP contribution is 2.25. The summed E-state index contributed by atoms with van der Waals surface area (Å²) in [6.45, 7) is 0. The normalized spacial score (nSPS) is 13.0. The number of nitrogens with one attached hydrogen (secondary N) is 1. The number of thiazole rings is 1. The maximum atomic E-state index is 12.5. The van der Waals surface area contributed by atoms with Crippen molar-refractivity contribution in [1.82, 2.24) is 9.71 Å². The van der Waals surface area contributed by atoms with Gasteiger partial charge >= 0.3 is 5.97 Å². The van der Waals surface area contributed by atoms with E-state index >= 15 is 0 Å². The van der Waals surface area contributed by atoms with Gasteiger partial charge in [-0.1, -0.05) is 42.5 Å². The Balaban J connectivity index is 1.86. The van der Waals surface area contributed by atoms with Crippen LogP contribution >= 0.6 is 11.3 Å². The van der Waals surface area contributed by atoms with E-state index in [-0.39, 0.29) is 10.8 Å². The average molecular weight is 362 g/mol. The highest BCUT2D eigenvalue weighted by Gasteiger charge is 2.28. The number of fused-ring (bicyclic) bond motifs is 1. The molecule has 0 aliphatic carbocycles. The second kappa shape index (κ2) is 6.68. The van der Waals surface area contributed by atoms with Crippen LogP contribution in [0.2, 0.25) is 0 Å². The third-order valence-electron chi connectivity index (χ3n) is 3.38. The summed E-state index contributed by atoms with van der Waals surface area (Å²) < 4.78 is 27.8. The third kappa shape index (κ3) is 3.61. The molecule has 2 N–H and O–H groups in total. The fraction of sp³-hybridized carbons (Fsp3) is 0.125. The van der Waals surface area contributed by atoms with Gasteiger partial charge in [-0.15, -0.1) is 11.3 Å². The monoisotopic (exact) mass is 362 g/mol. The van der Waals surface area contributed by atoms with Crippen LogP contribution in [0.25, 0.3) is 10.2 Å². The van der Waals surface area contributed by atoms with Gasteiger partial charge in [-0.3, -0.25) is 4.79 Å². The van der Waals surface area contributed by atoms with Crippen LogP contribution in [0.1, 0.15) is 5.56 Å². The molecule has 1 aromatic heterocycles. The van der Waals surface area contributed by atoms with Crippen LogP contribution < -0.4 is 4.72 Å². The number of hydrogen-bond acceptors (Lipinski definition) is 5. The lowest BCUT2D eigenvalue weighted by molar-refractivity contribution is -0.138. The minimum atomic E-state index is -4.01. The first-order valence-electron chi connectivity index (χ1n) is 7.10. The first kappa shape index (κ1) is 16.6. The molecule has 3 rings (SSSR count). The van der Waals surface area contributed by atoms with E-state index in [1.165, 1.54) is 0 Å². The van der Waals surface area contributed by atoms with Gasteiger partial charge in [0.15, 0.2) is 0 Å². The van der Waals surface area contributed by atoms with Crippen LogP contribution in [0, 0.1) is 0 Å². The number of hydrogen-bond donors (Lipinski definition) is 2. The number of carbonyl (C=O) groups is 1. The highest BCUT2D eigenvalue weighted by atomic mass is 32.2. The molecule has 124 valence electrons. The summed E-state index contributed by atoms with van der Waals surface area (Å²) >= 11 is 1.01. The second-order valence-corrected chi connectivity index (χ2v) is 8.07. The van der Waals surface area contributed by atoms with E-state index in [9.17, 15) is 18.3 Å². The number of sulfonamides is 1. The van der Waals surface area contributed by atoms with Crippen molar-refractivity contribution in [2.75, 3.05) is 0 Å². The molecule has 2 aromatic carbocycles. The molecule has 0 radical (unpaired) electrons. The first-order valence-corrected chi connectivity index (χ1v) is 9.40. The summed E-state index contributed by atoms with van der Waals surface area (Å²) in [6.07, 6.45) is 0.0559. The van der Waals surface area contributed by atoms with Crippen molar-refractivity contribution in [3.63, 3.8) is 0 Å². The second-order valence-electron chi connectivity index (χ2n) is 5.15. The SMILES string of the molecule is O=C(O)C(Cc1ccccc1)NS(=O)(=O)c1nc2ccccc2s1. The summed E-state index contributed by atoms with van der Waals surface area (Å²) in [5, 5.41) is 9.34. The lowest BCUT2D eigenvalue weighted by atomic mass is 10.1. The number of para-hydroxylation sites is 1. The Kier molecular flexibility index (Phi) is 4.61. The highest BCUT2D eigenvalue weighted by molar-refractivity contribution is 7.91. The molecular weight excluding hydrogens is 348 g/mol. The molecule has 0 aliphatic rings. The average Bonchev–Trinajstić information content (AvgIpc) is 3.00. The van der Waals surface area contributed by atoms with E-state index in [4.69, 9.17) is 0 Å². The van der Waals surface area contributed by atoms with Crippen molar-refractivity contribution >= 4 is 37.5 Å². The fourth-order valence-electron chi connectivity index (χ4n) is 2.23. The molecule has 6 nitrogen and oxygen atoms in total. The lowest BCUT2D eigenvalue weighted by Crippen LogP contribution is -2.42. The van der Waals surface area contributed by atoms with Crippen molar-refractivity contribution in [1.29, 1.82) is 0 Å². The predicted octanol–water partition coefficient (Wildman–Crippen LogP) is 2.27. The molecule has 0 saturated heterocycles. The number of benzene rings is 2. The Morgan fingerprint density at radius 3 is 2.46 bits per heavy atom. The van der Waals surface area contributed by atoms with Crippen molar-refractivity contribution in [2.24, 2.45) is 0 Å². The quantitative estimate of drug-likeness (QED) is 0.701. The molecule has 24 heavy (non-hydrogen) atoms. The van der Waals surface area contributed by atoms with Gasteiger partial charge in [-0.25, -0.2) is 13.4 Å². The summed E-state index contributed by atoms with van der Waals surface area (Å²) in [5.41, 5.74) is 1.30.